The van der Waals surface area contributed by atoms with Crippen molar-refractivity contribution in [2.24, 2.45) is 0 Å². The fourth-order valence-electron chi connectivity index (χ4n) is 4.07. The molecule has 11 nitrogen and oxygen atoms in total. The van der Waals surface area contributed by atoms with Gasteiger partial charge in [-0.05, 0) is 44.6 Å². The molecule has 0 radical (unpaired) electrons. The summed E-state index contributed by atoms with van der Waals surface area (Å²) in [5.74, 6) is -3.61. The van der Waals surface area contributed by atoms with Crippen molar-refractivity contribution < 1.29 is 32.3 Å². The van der Waals surface area contributed by atoms with Crippen LogP contribution in [0.1, 0.15) is 62.9 Å². The molecule has 1 aromatic carbocycles. The highest BCUT2D eigenvalue weighted by atomic mass is 19.4. The van der Waals surface area contributed by atoms with Gasteiger partial charge in [-0.15, -0.1) is 5.10 Å². The molecule has 2 aromatic rings. The number of nitrogens with one attached hydrogen (secondary N) is 4. The number of carbonyl (C=O) groups excluding carboxylic acids is 4. The summed E-state index contributed by atoms with van der Waals surface area (Å²) >= 11 is 0. The molecule has 0 aliphatic carbocycles. The zero-order chi connectivity index (χ0) is 28.6. The summed E-state index contributed by atoms with van der Waals surface area (Å²) < 4.78 is 38.4. The second kappa shape index (κ2) is 13.2. The van der Waals surface area contributed by atoms with Crippen molar-refractivity contribution in [3.8, 4) is 0 Å². The van der Waals surface area contributed by atoms with E-state index in [1.807, 2.05) is 30.3 Å². The molecule has 0 saturated heterocycles. The van der Waals surface area contributed by atoms with Crippen LogP contribution < -0.4 is 21.3 Å². The number of fused-ring (bicyclic) bond motifs is 2. The van der Waals surface area contributed by atoms with Crippen molar-refractivity contribution in [3.63, 3.8) is 0 Å². The van der Waals surface area contributed by atoms with Gasteiger partial charge in [0.05, 0.1) is 12.2 Å². The molecule has 1 aliphatic rings. The lowest BCUT2D eigenvalue weighted by molar-refractivity contribution is -0.173. The zero-order valence-corrected chi connectivity index (χ0v) is 21.6. The van der Waals surface area contributed by atoms with Gasteiger partial charge in [0, 0.05) is 6.54 Å². The first kappa shape index (κ1) is 29.6. The Morgan fingerprint density at radius 1 is 0.974 bits per heavy atom. The van der Waals surface area contributed by atoms with Crippen LogP contribution in [0.15, 0.2) is 36.5 Å². The minimum Gasteiger partial charge on any atom is -0.348 e. The van der Waals surface area contributed by atoms with Gasteiger partial charge in [-0.3, -0.25) is 19.2 Å². The minimum atomic E-state index is -4.98. The molecule has 4 N–H and O–H groups in total. The maximum absolute atomic E-state index is 13.2. The second-order valence-electron chi connectivity index (χ2n) is 9.33. The molecule has 4 atom stereocenters. The van der Waals surface area contributed by atoms with Crippen molar-refractivity contribution >= 4 is 23.6 Å². The molecule has 0 saturated carbocycles. The van der Waals surface area contributed by atoms with Crippen molar-refractivity contribution in [2.45, 2.75) is 76.3 Å². The van der Waals surface area contributed by atoms with E-state index >= 15 is 0 Å². The van der Waals surface area contributed by atoms with Crippen molar-refractivity contribution in [2.75, 3.05) is 6.54 Å². The number of amides is 4. The highest BCUT2D eigenvalue weighted by molar-refractivity contribution is 5.92. The van der Waals surface area contributed by atoms with E-state index in [2.05, 4.69) is 26.3 Å². The van der Waals surface area contributed by atoms with Crippen LogP contribution in [0.4, 0.5) is 13.2 Å². The van der Waals surface area contributed by atoms with Gasteiger partial charge in [-0.1, -0.05) is 42.5 Å². The van der Waals surface area contributed by atoms with Gasteiger partial charge < -0.3 is 21.3 Å². The molecule has 3 rings (SSSR count). The van der Waals surface area contributed by atoms with E-state index in [-0.39, 0.29) is 32.2 Å². The Morgan fingerprint density at radius 2 is 1.62 bits per heavy atom. The number of alkyl halides is 3. The van der Waals surface area contributed by atoms with E-state index < -0.39 is 54.0 Å². The number of aromatic nitrogens is 3. The SMILES string of the molecule is CC[C@@H]1NC(=O)[C@H](CCCCNC(=O)C(F)(F)F)NC(=O)[C@@H](C)n2cc(nn2)[C@H](Cc2ccccc2)NC1=O. The summed E-state index contributed by atoms with van der Waals surface area (Å²) in [4.78, 5) is 50.3. The Morgan fingerprint density at radius 3 is 2.28 bits per heavy atom. The average molecular weight is 552 g/mol. The van der Waals surface area contributed by atoms with E-state index in [1.165, 1.54) is 4.68 Å². The number of benzene rings is 1. The molecule has 0 unspecified atom stereocenters. The normalized spacial score (nSPS) is 22.4. The summed E-state index contributed by atoms with van der Waals surface area (Å²) in [7, 11) is 0. The first-order valence-corrected chi connectivity index (χ1v) is 12.7. The Hall–Kier alpha value is -3.97. The fourth-order valence-corrected chi connectivity index (χ4v) is 4.07. The summed E-state index contributed by atoms with van der Waals surface area (Å²) in [5.41, 5.74) is 1.39. The topological polar surface area (TPSA) is 147 Å². The Kier molecular flexibility index (Phi) is 10.0. The second-order valence-corrected chi connectivity index (χ2v) is 9.33. The van der Waals surface area contributed by atoms with E-state index in [9.17, 15) is 32.3 Å². The van der Waals surface area contributed by atoms with Gasteiger partial charge in [-0.25, -0.2) is 4.68 Å². The van der Waals surface area contributed by atoms with E-state index in [0.717, 1.165) is 5.56 Å². The Bertz CT molecular complexity index is 1160. The first-order valence-electron chi connectivity index (χ1n) is 12.7. The summed E-state index contributed by atoms with van der Waals surface area (Å²) in [6, 6.07) is 6.05. The summed E-state index contributed by atoms with van der Waals surface area (Å²) in [5, 5.41) is 18.3. The lowest BCUT2D eigenvalue weighted by Gasteiger charge is -2.25. The first-order chi connectivity index (χ1) is 18.5. The molecule has 0 fully saturated rings. The van der Waals surface area contributed by atoms with Gasteiger partial charge in [-0.2, -0.15) is 13.2 Å². The van der Waals surface area contributed by atoms with Gasteiger partial charge in [0.25, 0.3) is 0 Å². The third-order valence-electron chi connectivity index (χ3n) is 6.40. The van der Waals surface area contributed by atoms with E-state index in [1.54, 1.807) is 25.4 Å². The van der Waals surface area contributed by atoms with E-state index in [0.29, 0.717) is 12.1 Å². The molecule has 4 amide bonds. The van der Waals surface area contributed by atoms with E-state index in [4.69, 9.17) is 0 Å². The third-order valence-corrected chi connectivity index (χ3v) is 6.40. The Balaban J connectivity index is 1.76. The van der Waals surface area contributed by atoms with Crippen LogP contribution in [0.5, 0.6) is 0 Å². The predicted octanol–water partition coefficient (Wildman–Crippen LogP) is 1.48. The zero-order valence-electron chi connectivity index (χ0n) is 21.6. The lowest BCUT2D eigenvalue weighted by atomic mass is 10.0. The molecular weight excluding hydrogens is 519 g/mol. The quantitative estimate of drug-likeness (QED) is 0.366. The van der Waals surface area contributed by atoms with Gasteiger partial charge in [0.2, 0.25) is 17.7 Å². The predicted molar refractivity (Wildman–Crippen MR) is 133 cm³/mol. The van der Waals surface area contributed by atoms with Crippen molar-refractivity contribution in [3.05, 3.63) is 47.8 Å². The molecule has 1 aliphatic heterocycles. The largest absolute Gasteiger partial charge is 0.471 e. The molecule has 2 heterocycles. The van der Waals surface area contributed by atoms with Crippen LogP contribution in [0, 0.1) is 0 Å². The standard InChI is InChI=1S/C25H32F3N7O4/c1-3-17-22(37)32-19(13-16-9-5-4-6-10-16)20-14-35(34-33-20)15(2)21(36)31-18(23(38)30-17)11-7-8-12-29-24(39)25(26,27)28/h4-6,9-10,14-15,17-19H,3,7-8,11-13H2,1-2H3,(H,29,39)(H,30,38)(H,31,36)(H,32,37)/t15-,17+,18+,19+/m1/s1. The number of hydrogen-bond acceptors (Lipinski definition) is 6. The fraction of sp³-hybridized carbons (Fsp3) is 0.520. The van der Waals surface area contributed by atoms with Gasteiger partial charge in [0.1, 0.15) is 23.8 Å². The number of unbranched alkanes of at least 4 members (excludes halogenated alkanes) is 1. The number of carbonyl (C=O) groups is 4. The average Bonchev–Trinajstić information content (AvgIpc) is 3.39. The van der Waals surface area contributed by atoms with Crippen LogP contribution in [0.2, 0.25) is 0 Å². The van der Waals surface area contributed by atoms with Crippen molar-refractivity contribution in [1.29, 1.82) is 0 Å². The maximum atomic E-state index is 13.2. The number of nitrogens with zero attached hydrogens (tertiary/aromatic N) is 3. The lowest BCUT2D eigenvalue weighted by Crippen LogP contribution is -2.54. The number of halogens is 3. The Labute approximate surface area is 223 Å². The maximum Gasteiger partial charge on any atom is 0.471 e. The molecule has 0 spiro atoms. The summed E-state index contributed by atoms with van der Waals surface area (Å²) in [6.45, 7) is 3.06. The molecule has 212 valence electrons. The van der Waals surface area contributed by atoms with Crippen LogP contribution in [0.25, 0.3) is 0 Å². The van der Waals surface area contributed by atoms with Crippen LogP contribution in [-0.2, 0) is 25.6 Å². The molecular formula is C25H32F3N7O4. The van der Waals surface area contributed by atoms with Crippen LogP contribution in [-0.4, -0.2) is 63.4 Å². The molecule has 14 heteroatoms. The molecule has 2 bridgehead atoms. The van der Waals surface area contributed by atoms with Crippen molar-refractivity contribution in [1.82, 2.24) is 36.3 Å². The monoisotopic (exact) mass is 551 g/mol. The molecule has 39 heavy (non-hydrogen) atoms. The summed E-state index contributed by atoms with van der Waals surface area (Å²) in [6.07, 6.45) is -2.29. The van der Waals surface area contributed by atoms with Crippen LogP contribution >= 0.6 is 0 Å². The third kappa shape index (κ3) is 8.26. The highest BCUT2D eigenvalue weighted by Crippen LogP contribution is 2.19. The molecule has 1 aromatic heterocycles. The van der Waals surface area contributed by atoms with Crippen LogP contribution in [0.3, 0.4) is 0 Å². The highest BCUT2D eigenvalue weighted by Gasteiger charge is 2.38. The smallest absolute Gasteiger partial charge is 0.348 e. The minimum absolute atomic E-state index is 0.0729. The number of rotatable bonds is 8. The van der Waals surface area contributed by atoms with Gasteiger partial charge >= 0.3 is 12.1 Å². The number of hydrogen-bond donors (Lipinski definition) is 4. The van der Waals surface area contributed by atoms with Gasteiger partial charge in [0.15, 0.2) is 0 Å².